The summed E-state index contributed by atoms with van der Waals surface area (Å²) in [4.78, 5) is 0. The molecule has 16 heavy (non-hydrogen) atoms. The molecular formula is C10H10F4OS. The molecule has 1 atom stereocenters. The second-order valence-electron chi connectivity index (χ2n) is 3.21. The lowest BCUT2D eigenvalue weighted by atomic mass is 10.1. The van der Waals surface area contributed by atoms with Crippen molar-refractivity contribution in [1.29, 1.82) is 0 Å². The van der Waals surface area contributed by atoms with Crippen molar-refractivity contribution in [1.82, 2.24) is 0 Å². The zero-order chi connectivity index (χ0) is 12.3. The number of aliphatic hydroxyl groups is 1. The van der Waals surface area contributed by atoms with Gasteiger partial charge in [-0.25, -0.2) is 4.39 Å². The third-order valence-electron chi connectivity index (χ3n) is 2.01. The van der Waals surface area contributed by atoms with Gasteiger partial charge in [0.2, 0.25) is 0 Å². The molecule has 0 fully saturated rings. The van der Waals surface area contributed by atoms with Gasteiger partial charge in [0.25, 0.3) is 0 Å². The second kappa shape index (κ2) is 5.05. The van der Waals surface area contributed by atoms with Crippen LogP contribution in [-0.4, -0.2) is 17.1 Å². The minimum Gasteiger partial charge on any atom is -0.388 e. The molecule has 0 amide bonds. The molecule has 6 heteroatoms. The van der Waals surface area contributed by atoms with Crippen molar-refractivity contribution >= 4 is 11.8 Å². The lowest BCUT2D eigenvalue weighted by molar-refractivity contribution is -0.140. The highest BCUT2D eigenvalue weighted by molar-refractivity contribution is 7.98. The van der Waals surface area contributed by atoms with E-state index in [1.165, 1.54) is 11.8 Å². The molecule has 1 unspecified atom stereocenters. The molecule has 0 radical (unpaired) electrons. The van der Waals surface area contributed by atoms with E-state index in [2.05, 4.69) is 0 Å². The molecule has 0 saturated carbocycles. The van der Waals surface area contributed by atoms with Gasteiger partial charge >= 0.3 is 6.18 Å². The van der Waals surface area contributed by atoms with Crippen molar-refractivity contribution in [3.63, 3.8) is 0 Å². The zero-order valence-electron chi connectivity index (χ0n) is 8.38. The van der Waals surface area contributed by atoms with Gasteiger partial charge in [-0.15, -0.1) is 0 Å². The summed E-state index contributed by atoms with van der Waals surface area (Å²) < 4.78 is 49.8. The number of aliphatic hydroxyl groups excluding tert-OH is 1. The molecule has 0 aliphatic heterocycles. The lowest BCUT2D eigenvalue weighted by Gasteiger charge is -2.12. The summed E-state index contributed by atoms with van der Waals surface area (Å²) in [5.41, 5.74) is -1.16. The standard InChI is InChI=1S/C10H10F4OS/c1-16-5-9(15)6-2-3-7(8(11)4-6)10(12,13)14/h2-4,9,15H,5H2,1H3. The predicted octanol–water partition coefficient (Wildman–Crippen LogP) is 3.24. The third kappa shape index (κ3) is 3.12. The molecule has 1 rings (SSSR count). The van der Waals surface area contributed by atoms with Crippen LogP contribution in [0, 0.1) is 5.82 Å². The highest BCUT2D eigenvalue weighted by atomic mass is 32.2. The van der Waals surface area contributed by atoms with Gasteiger partial charge in [0, 0.05) is 5.75 Å². The molecule has 1 N–H and O–H groups in total. The largest absolute Gasteiger partial charge is 0.419 e. The SMILES string of the molecule is CSCC(O)c1ccc(C(F)(F)F)c(F)c1. The van der Waals surface area contributed by atoms with Gasteiger partial charge in [-0.1, -0.05) is 6.07 Å². The van der Waals surface area contributed by atoms with Crippen LogP contribution in [0.5, 0.6) is 0 Å². The van der Waals surface area contributed by atoms with Gasteiger partial charge in [0.1, 0.15) is 5.82 Å². The van der Waals surface area contributed by atoms with Crippen LogP contribution in [-0.2, 0) is 6.18 Å². The van der Waals surface area contributed by atoms with E-state index < -0.39 is 23.7 Å². The highest BCUT2D eigenvalue weighted by Crippen LogP contribution is 2.32. The summed E-state index contributed by atoms with van der Waals surface area (Å²) in [6.45, 7) is 0. The van der Waals surface area contributed by atoms with E-state index in [1.54, 1.807) is 6.26 Å². The average Bonchev–Trinajstić information content (AvgIpc) is 2.16. The van der Waals surface area contributed by atoms with Crippen molar-refractivity contribution in [3.05, 3.63) is 35.1 Å². The van der Waals surface area contributed by atoms with Crippen molar-refractivity contribution in [2.75, 3.05) is 12.0 Å². The summed E-state index contributed by atoms with van der Waals surface area (Å²) in [5.74, 6) is -1.05. The lowest BCUT2D eigenvalue weighted by Crippen LogP contribution is -2.09. The van der Waals surface area contributed by atoms with E-state index in [-0.39, 0.29) is 5.56 Å². The third-order valence-corrected chi connectivity index (χ3v) is 2.66. The molecule has 0 bridgehead atoms. The first-order valence-electron chi connectivity index (χ1n) is 4.40. The zero-order valence-corrected chi connectivity index (χ0v) is 9.20. The molecular weight excluding hydrogens is 244 g/mol. The molecule has 1 nitrogen and oxygen atoms in total. The van der Waals surface area contributed by atoms with Gasteiger partial charge < -0.3 is 5.11 Å². The monoisotopic (exact) mass is 254 g/mol. The van der Waals surface area contributed by atoms with Crippen LogP contribution in [0.2, 0.25) is 0 Å². The normalized spacial score (nSPS) is 13.9. The van der Waals surface area contributed by atoms with E-state index >= 15 is 0 Å². The van der Waals surface area contributed by atoms with Crippen LogP contribution < -0.4 is 0 Å². The number of hydrogen-bond donors (Lipinski definition) is 1. The molecule has 0 aliphatic rings. The number of rotatable bonds is 3. The maximum Gasteiger partial charge on any atom is 0.419 e. The van der Waals surface area contributed by atoms with Crippen molar-refractivity contribution in [3.8, 4) is 0 Å². The Labute approximate surface area is 94.5 Å². The van der Waals surface area contributed by atoms with Crippen molar-refractivity contribution in [2.45, 2.75) is 12.3 Å². The molecule has 1 aromatic carbocycles. The maximum absolute atomic E-state index is 13.1. The Bertz CT molecular complexity index is 364. The van der Waals surface area contributed by atoms with E-state index in [4.69, 9.17) is 0 Å². The molecule has 0 spiro atoms. The van der Waals surface area contributed by atoms with Crippen LogP contribution in [0.25, 0.3) is 0 Å². The molecule has 0 heterocycles. The van der Waals surface area contributed by atoms with Crippen LogP contribution >= 0.6 is 11.8 Å². The van der Waals surface area contributed by atoms with Crippen LogP contribution in [0.4, 0.5) is 17.6 Å². The molecule has 0 saturated heterocycles. The summed E-state index contributed by atoms with van der Waals surface area (Å²) in [6.07, 6.45) is -3.91. The number of alkyl halides is 3. The van der Waals surface area contributed by atoms with E-state index in [0.717, 1.165) is 12.1 Å². The number of benzene rings is 1. The molecule has 0 aliphatic carbocycles. The van der Waals surface area contributed by atoms with Gasteiger partial charge in [-0.3, -0.25) is 0 Å². The minimum absolute atomic E-state index is 0.153. The fourth-order valence-electron chi connectivity index (χ4n) is 1.22. The Morgan fingerprint density at radius 2 is 2.00 bits per heavy atom. The summed E-state index contributed by atoms with van der Waals surface area (Å²) in [6, 6.07) is 2.46. The summed E-state index contributed by atoms with van der Waals surface area (Å²) in [5, 5.41) is 9.47. The fraction of sp³-hybridized carbons (Fsp3) is 0.400. The molecule has 90 valence electrons. The van der Waals surface area contributed by atoms with Crippen LogP contribution in [0.1, 0.15) is 17.2 Å². The van der Waals surface area contributed by atoms with Crippen molar-refractivity contribution < 1.29 is 22.7 Å². The first-order valence-corrected chi connectivity index (χ1v) is 5.79. The second-order valence-corrected chi connectivity index (χ2v) is 4.12. The van der Waals surface area contributed by atoms with E-state index in [9.17, 15) is 22.7 Å². The van der Waals surface area contributed by atoms with Crippen LogP contribution in [0.15, 0.2) is 18.2 Å². The Balaban J connectivity index is 3.00. The predicted molar refractivity (Wildman–Crippen MR) is 54.7 cm³/mol. The maximum atomic E-state index is 13.1. The Morgan fingerprint density at radius 3 is 2.44 bits per heavy atom. The topological polar surface area (TPSA) is 20.2 Å². The Kier molecular flexibility index (Phi) is 4.21. The van der Waals surface area contributed by atoms with Gasteiger partial charge in [0.05, 0.1) is 11.7 Å². The van der Waals surface area contributed by atoms with E-state index in [1.807, 2.05) is 0 Å². The summed E-state index contributed by atoms with van der Waals surface area (Å²) >= 11 is 1.33. The van der Waals surface area contributed by atoms with Crippen LogP contribution in [0.3, 0.4) is 0 Å². The first-order chi connectivity index (χ1) is 7.36. The average molecular weight is 254 g/mol. The fourth-order valence-corrected chi connectivity index (χ4v) is 1.73. The van der Waals surface area contributed by atoms with Gasteiger partial charge in [-0.2, -0.15) is 24.9 Å². The summed E-state index contributed by atoms with van der Waals surface area (Å²) in [7, 11) is 0. The van der Waals surface area contributed by atoms with Gasteiger partial charge in [-0.05, 0) is 24.0 Å². The molecule has 0 aromatic heterocycles. The van der Waals surface area contributed by atoms with Gasteiger partial charge in [0.15, 0.2) is 0 Å². The number of hydrogen-bond acceptors (Lipinski definition) is 2. The highest BCUT2D eigenvalue weighted by Gasteiger charge is 2.34. The quantitative estimate of drug-likeness (QED) is 0.836. The Hall–Kier alpha value is -0.750. The molecule has 1 aromatic rings. The Morgan fingerprint density at radius 1 is 1.38 bits per heavy atom. The minimum atomic E-state index is -4.70. The smallest absolute Gasteiger partial charge is 0.388 e. The van der Waals surface area contributed by atoms with Crippen molar-refractivity contribution in [2.24, 2.45) is 0 Å². The number of thioether (sulfide) groups is 1. The first kappa shape index (κ1) is 13.3. The van der Waals surface area contributed by atoms with E-state index in [0.29, 0.717) is 11.8 Å². The number of halogens is 4.